The molecule has 0 heterocycles. The van der Waals surface area contributed by atoms with E-state index in [0.717, 1.165) is 26.1 Å². The van der Waals surface area contributed by atoms with E-state index in [4.69, 9.17) is 10.5 Å². The molecule has 0 unspecified atom stereocenters. The molecule has 5 heteroatoms. The molecular weight excluding hydrogens is 365 g/mol. The molecule has 0 atom stereocenters. The van der Waals surface area contributed by atoms with Gasteiger partial charge in [-0.1, -0.05) is 39.0 Å². The summed E-state index contributed by atoms with van der Waals surface area (Å²) in [5.41, 5.74) is 5.78. The second-order valence-corrected chi connectivity index (χ2v) is 5.23. The van der Waals surface area contributed by atoms with Gasteiger partial charge in [0.2, 0.25) is 0 Å². The molecule has 0 saturated heterocycles. The van der Waals surface area contributed by atoms with E-state index in [1.54, 1.807) is 0 Å². The molecule has 0 aromatic heterocycles. The van der Waals surface area contributed by atoms with Gasteiger partial charge in [-0.2, -0.15) is 0 Å². The van der Waals surface area contributed by atoms with E-state index in [0.29, 0.717) is 12.1 Å². The van der Waals surface area contributed by atoms with E-state index >= 15 is 0 Å². The predicted molar refractivity (Wildman–Crippen MR) is 99.0 cm³/mol. The molecule has 122 valence electrons. The molecule has 0 aliphatic heterocycles. The minimum Gasteiger partial charge on any atom is -0.379 e. The van der Waals surface area contributed by atoms with Crippen LogP contribution in [0.2, 0.25) is 0 Å². The summed E-state index contributed by atoms with van der Waals surface area (Å²) < 4.78 is 5.44. The number of nitrogens with two attached hydrogens (primary N) is 1. The number of guanidine groups is 1. The molecule has 0 radical (unpaired) electrons. The molecular formula is C15H34IN3O. The maximum absolute atomic E-state index is 5.78. The second-order valence-electron chi connectivity index (χ2n) is 5.23. The summed E-state index contributed by atoms with van der Waals surface area (Å²) in [6, 6.07) is 0. The van der Waals surface area contributed by atoms with Crippen LogP contribution in [0.1, 0.15) is 65.7 Å². The van der Waals surface area contributed by atoms with Gasteiger partial charge in [-0.15, -0.1) is 24.0 Å². The first kappa shape index (κ1) is 22.2. The van der Waals surface area contributed by atoms with Crippen LogP contribution in [0.4, 0.5) is 0 Å². The van der Waals surface area contributed by atoms with E-state index in [9.17, 15) is 0 Å². The van der Waals surface area contributed by atoms with Crippen LogP contribution in [0.3, 0.4) is 0 Å². The lowest BCUT2D eigenvalue weighted by Gasteiger charge is -2.07. The van der Waals surface area contributed by atoms with Crippen molar-refractivity contribution in [2.45, 2.75) is 71.8 Å². The van der Waals surface area contributed by atoms with Gasteiger partial charge in [0.05, 0.1) is 6.10 Å². The van der Waals surface area contributed by atoms with Crippen molar-refractivity contribution in [2.75, 3.05) is 19.7 Å². The van der Waals surface area contributed by atoms with Gasteiger partial charge < -0.3 is 15.8 Å². The predicted octanol–water partition coefficient (Wildman–Crippen LogP) is 3.68. The largest absolute Gasteiger partial charge is 0.379 e. The summed E-state index contributed by atoms with van der Waals surface area (Å²) in [5.74, 6) is 0.568. The number of unbranched alkanes of at least 4 members (excludes halogenated alkanes) is 5. The fraction of sp³-hybridized carbons (Fsp3) is 0.933. The third-order valence-electron chi connectivity index (χ3n) is 2.87. The van der Waals surface area contributed by atoms with Crippen molar-refractivity contribution >= 4 is 29.9 Å². The Hall–Kier alpha value is -0.0400. The quantitative estimate of drug-likeness (QED) is 0.228. The average molecular weight is 399 g/mol. The second kappa shape index (κ2) is 17.0. The summed E-state index contributed by atoms with van der Waals surface area (Å²) in [7, 11) is 0. The van der Waals surface area contributed by atoms with Gasteiger partial charge in [0.25, 0.3) is 0 Å². The molecule has 3 N–H and O–H groups in total. The summed E-state index contributed by atoms with van der Waals surface area (Å²) in [6.45, 7) is 8.75. The molecule has 0 amide bonds. The number of aliphatic imine (C=N–C) groups is 1. The number of ether oxygens (including phenoxy) is 1. The molecule has 0 aliphatic carbocycles. The molecule has 0 rings (SSSR count). The molecule has 0 aromatic rings. The van der Waals surface area contributed by atoms with Crippen molar-refractivity contribution < 1.29 is 4.74 Å². The van der Waals surface area contributed by atoms with Gasteiger partial charge in [-0.25, -0.2) is 0 Å². The van der Waals surface area contributed by atoms with Gasteiger partial charge in [-0.3, -0.25) is 4.99 Å². The summed E-state index contributed by atoms with van der Waals surface area (Å²) in [5, 5.41) is 3.16. The van der Waals surface area contributed by atoms with Gasteiger partial charge >= 0.3 is 0 Å². The third kappa shape index (κ3) is 18.0. The Kier molecular flexibility index (Phi) is 18.9. The SMILES string of the molecule is CCCCCCCCNC(N)=NCCCOC(C)C.I. The first-order valence-corrected chi connectivity index (χ1v) is 7.82. The van der Waals surface area contributed by atoms with Crippen molar-refractivity contribution in [1.82, 2.24) is 5.32 Å². The highest BCUT2D eigenvalue weighted by Crippen LogP contribution is 2.03. The molecule has 0 fully saturated rings. The number of rotatable bonds is 12. The molecule has 20 heavy (non-hydrogen) atoms. The minimum absolute atomic E-state index is 0. The Morgan fingerprint density at radius 2 is 1.75 bits per heavy atom. The van der Waals surface area contributed by atoms with Crippen molar-refractivity contribution in [3.05, 3.63) is 0 Å². The molecule has 0 spiro atoms. The highest BCUT2D eigenvalue weighted by atomic mass is 127. The smallest absolute Gasteiger partial charge is 0.188 e. The van der Waals surface area contributed by atoms with Gasteiger partial charge in [0, 0.05) is 19.7 Å². The summed E-state index contributed by atoms with van der Waals surface area (Å²) >= 11 is 0. The number of nitrogens with zero attached hydrogens (tertiary/aromatic N) is 1. The van der Waals surface area contributed by atoms with E-state index < -0.39 is 0 Å². The maximum atomic E-state index is 5.78. The first-order chi connectivity index (χ1) is 9.16. The number of hydrogen-bond donors (Lipinski definition) is 2. The lowest BCUT2D eigenvalue weighted by atomic mass is 10.1. The highest BCUT2D eigenvalue weighted by molar-refractivity contribution is 14.0. The van der Waals surface area contributed by atoms with Crippen molar-refractivity contribution in [3.8, 4) is 0 Å². The van der Waals surface area contributed by atoms with E-state index in [-0.39, 0.29) is 24.0 Å². The van der Waals surface area contributed by atoms with E-state index in [2.05, 4.69) is 17.2 Å². The number of halogens is 1. The van der Waals surface area contributed by atoms with Crippen molar-refractivity contribution in [1.29, 1.82) is 0 Å². The van der Waals surface area contributed by atoms with Crippen LogP contribution >= 0.6 is 24.0 Å². The summed E-state index contributed by atoms with van der Waals surface area (Å²) in [6.07, 6.45) is 9.03. The van der Waals surface area contributed by atoms with E-state index in [1.807, 2.05) is 13.8 Å². The van der Waals surface area contributed by atoms with Crippen LogP contribution < -0.4 is 11.1 Å². The van der Waals surface area contributed by atoms with Crippen LogP contribution in [0.15, 0.2) is 4.99 Å². The van der Waals surface area contributed by atoms with Gasteiger partial charge in [-0.05, 0) is 26.7 Å². The van der Waals surface area contributed by atoms with Crippen LogP contribution in [0, 0.1) is 0 Å². The zero-order valence-electron chi connectivity index (χ0n) is 13.5. The molecule has 0 aromatic carbocycles. The topological polar surface area (TPSA) is 59.6 Å². The first-order valence-electron chi connectivity index (χ1n) is 7.82. The molecule has 0 bridgehead atoms. The van der Waals surface area contributed by atoms with E-state index in [1.165, 1.54) is 38.5 Å². The molecule has 0 aliphatic rings. The van der Waals surface area contributed by atoms with Crippen LogP contribution in [-0.4, -0.2) is 31.8 Å². The normalized spacial score (nSPS) is 11.5. The number of nitrogens with one attached hydrogen (secondary N) is 1. The van der Waals surface area contributed by atoms with Crippen LogP contribution in [0.5, 0.6) is 0 Å². The summed E-state index contributed by atoms with van der Waals surface area (Å²) in [4.78, 5) is 4.27. The Morgan fingerprint density at radius 3 is 2.40 bits per heavy atom. The Bertz CT molecular complexity index is 223. The number of hydrogen-bond acceptors (Lipinski definition) is 2. The lowest BCUT2D eigenvalue weighted by Crippen LogP contribution is -2.32. The lowest BCUT2D eigenvalue weighted by molar-refractivity contribution is 0.0783. The van der Waals surface area contributed by atoms with Crippen LogP contribution in [0.25, 0.3) is 0 Å². The molecule has 0 saturated carbocycles. The fourth-order valence-corrected chi connectivity index (χ4v) is 1.76. The Balaban J connectivity index is 0. The standard InChI is InChI=1S/C15H33N3O.HI/c1-4-5-6-7-8-9-11-17-15(16)18-12-10-13-19-14(2)3;/h14H,4-13H2,1-3H3,(H3,16,17,18);1H. The average Bonchev–Trinajstić information content (AvgIpc) is 2.37. The van der Waals surface area contributed by atoms with Crippen LogP contribution in [-0.2, 0) is 4.74 Å². The highest BCUT2D eigenvalue weighted by Gasteiger charge is 1.94. The Labute approximate surface area is 142 Å². The minimum atomic E-state index is 0. The monoisotopic (exact) mass is 399 g/mol. The molecule has 4 nitrogen and oxygen atoms in total. The zero-order chi connectivity index (χ0) is 14.3. The van der Waals surface area contributed by atoms with Crippen molar-refractivity contribution in [2.24, 2.45) is 10.7 Å². The van der Waals surface area contributed by atoms with Crippen molar-refractivity contribution in [3.63, 3.8) is 0 Å². The fourth-order valence-electron chi connectivity index (χ4n) is 1.76. The van der Waals surface area contributed by atoms with Gasteiger partial charge in [0.15, 0.2) is 5.96 Å². The third-order valence-corrected chi connectivity index (χ3v) is 2.87. The maximum Gasteiger partial charge on any atom is 0.188 e. The van der Waals surface area contributed by atoms with Gasteiger partial charge in [0.1, 0.15) is 0 Å². The Morgan fingerprint density at radius 1 is 1.10 bits per heavy atom. The zero-order valence-corrected chi connectivity index (χ0v) is 15.8.